The normalized spacial score (nSPS) is 37.5. The summed E-state index contributed by atoms with van der Waals surface area (Å²) in [6.45, 7) is 4.54. The summed E-state index contributed by atoms with van der Waals surface area (Å²) in [4.78, 5) is 0. The molecular formula is C16H28FNOS. The van der Waals surface area contributed by atoms with Crippen molar-refractivity contribution in [3.63, 3.8) is 0 Å². The van der Waals surface area contributed by atoms with Gasteiger partial charge >= 0.3 is 0 Å². The lowest BCUT2D eigenvalue weighted by atomic mass is 9.69. The maximum atomic E-state index is 15.5. The van der Waals surface area contributed by atoms with Crippen molar-refractivity contribution in [3.8, 4) is 0 Å². The Hall–Kier alpha value is 0.200. The fourth-order valence-electron chi connectivity index (χ4n) is 4.27. The molecule has 3 saturated heterocycles. The Bertz CT molecular complexity index is 319. The Morgan fingerprint density at radius 2 is 2.05 bits per heavy atom. The first-order chi connectivity index (χ1) is 9.62. The van der Waals surface area contributed by atoms with E-state index in [1.807, 2.05) is 18.7 Å². The average molecular weight is 301 g/mol. The van der Waals surface area contributed by atoms with Gasteiger partial charge in [-0.05, 0) is 69.4 Å². The highest BCUT2D eigenvalue weighted by Gasteiger charge is 2.48. The molecule has 3 heterocycles. The molecule has 3 atom stereocenters. The first kappa shape index (κ1) is 15.1. The van der Waals surface area contributed by atoms with Gasteiger partial charge in [-0.2, -0.15) is 11.8 Å². The molecule has 3 rings (SSSR count). The average Bonchev–Trinajstić information content (AvgIpc) is 2.49. The van der Waals surface area contributed by atoms with Crippen molar-refractivity contribution in [2.75, 3.05) is 31.2 Å². The molecular weight excluding hydrogens is 273 g/mol. The van der Waals surface area contributed by atoms with Gasteiger partial charge < -0.3 is 10.1 Å². The number of halogens is 1. The molecule has 1 N–H and O–H groups in total. The Morgan fingerprint density at radius 1 is 1.25 bits per heavy atom. The number of alkyl halides is 1. The van der Waals surface area contributed by atoms with E-state index in [-0.39, 0.29) is 17.4 Å². The molecule has 20 heavy (non-hydrogen) atoms. The van der Waals surface area contributed by atoms with E-state index < -0.39 is 5.67 Å². The smallest absolute Gasteiger partial charge is 0.115 e. The first-order valence-corrected chi connectivity index (χ1v) is 9.39. The van der Waals surface area contributed by atoms with Crippen molar-refractivity contribution in [2.24, 2.45) is 11.8 Å². The second kappa shape index (κ2) is 6.13. The maximum Gasteiger partial charge on any atom is 0.115 e. The quantitative estimate of drug-likeness (QED) is 0.844. The third kappa shape index (κ3) is 3.02. The van der Waals surface area contributed by atoms with Gasteiger partial charge in [-0.3, -0.25) is 0 Å². The minimum Gasteiger partial charge on any atom is -0.375 e. The van der Waals surface area contributed by atoms with Gasteiger partial charge in [-0.1, -0.05) is 0 Å². The van der Waals surface area contributed by atoms with Crippen molar-refractivity contribution < 1.29 is 9.13 Å². The molecule has 4 heteroatoms. The first-order valence-electron chi connectivity index (χ1n) is 8.24. The number of ether oxygens (including phenoxy) is 1. The standard InChI is InChI=1S/C16H28FNOS/c1-15(17,14-3-2-7-18-12-14)13-4-8-19-16(11-13)5-9-20-10-6-16/h13-14,18H,2-12H2,1H3. The minimum atomic E-state index is -1.03. The van der Waals surface area contributed by atoms with Gasteiger partial charge in [0.2, 0.25) is 0 Å². The fraction of sp³-hybridized carbons (Fsp3) is 1.00. The highest BCUT2D eigenvalue weighted by Crippen LogP contribution is 2.47. The number of hydrogen-bond donors (Lipinski definition) is 1. The molecule has 116 valence electrons. The lowest BCUT2D eigenvalue weighted by molar-refractivity contribution is -0.136. The number of hydrogen-bond acceptors (Lipinski definition) is 3. The van der Waals surface area contributed by atoms with Crippen molar-refractivity contribution in [3.05, 3.63) is 0 Å². The lowest BCUT2D eigenvalue weighted by Gasteiger charge is -2.48. The number of nitrogens with one attached hydrogen (secondary N) is 1. The summed E-state index contributed by atoms with van der Waals surface area (Å²) in [6, 6.07) is 0. The Balaban J connectivity index is 1.68. The summed E-state index contributed by atoms with van der Waals surface area (Å²) in [7, 11) is 0. The van der Waals surface area contributed by atoms with Crippen LogP contribution in [0.2, 0.25) is 0 Å². The molecule has 1 spiro atoms. The van der Waals surface area contributed by atoms with Crippen molar-refractivity contribution in [1.82, 2.24) is 5.32 Å². The molecule has 0 aromatic heterocycles. The van der Waals surface area contributed by atoms with Crippen LogP contribution >= 0.6 is 11.8 Å². The predicted octanol–water partition coefficient (Wildman–Crippen LogP) is 3.41. The largest absolute Gasteiger partial charge is 0.375 e. The summed E-state index contributed by atoms with van der Waals surface area (Å²) < 4.78 is 21.6. The van der Waals surface area contributed by atoms with Crippen LogP contribution < -0.4 is 5.32 Å². The molecule has 0 aromatic carbocycles. The molecule has 0 aromatic rings. The van der Waals surface area contributed by atoms with Gasteiger partial charge in [0.1, 0.15) is 5.67 Å². The summed E-state index contributed by atoms with van der Waals surface area (Å²) in [5.41, 5.74) is -1.03. The van der Waals surface area contributed by atoms with E-state index >= 15 is 4.39 Å². The zero-order valence-electron chi connectivity index (χ0n) is 12.6. The number of thioether (sulfide) groups is 1. The highest BCUT2D eigenvalue weighted by atomic mass is 32.2. The summed E-state index contributed by atoms with van der Waals surface area (Å²) >= 11 is 2.02. The predicted molar refractivity (Wildman–Crippen MR) is 83.1 cm³/mol. The van der Waals surface area contributed by atoms with E-state index in [0.29, 0.717) is 0 Å². The van der Waals surface area contributed by atoms with Crippen LogP contribution in [0.3, 0.4) is 0 Å². The van der Waals surface area contributed by atoms with E-state index in [2.05, 4.69) is 5.32 Å². The fourth-order valence-corrected chi connectivity index (χ4v) is 5.51. The van der Waals surface area contributed by atoms with E-state index in [4.69, 9.17) is 4.74 Å². The molecule has 0 saturated carbocycles. The van der Waals surface area contributed by atoms with Crippen LogP contribution in [0.5, 0.6) is 0 Å². The van der Waals surface area contributed by atoms with Crippen molar-refractivity contribution in [2.45, 2.75) is 56.7 Å². The topological polar surface area (TPSA) is 21.3 Å². The summed E-state index contributed by atoms with van der Waals surface area (Å²) in [6.07, 6.45) is 6.24. The van der Waals surface area contributed by atoms with Crippen LogP contribution in [-0.2, 0) is 4.74 Å². The molecule has 3 aliphatic rings. The van der Waals surface area contributed by atoms with Crippen LogP contribution in [0.4, 0.5) is 4.39 Å². The molecule has 3 fully saturated rings. The van der Waals surface area contributed by atoms with Crippen LogP contribution in [0.25, 0.3) is 0 Å². The van der Waals surface area contributed by atoms with Crippen LogP contribution in [-0.4, -0.2) is 42.5 Å². The van der Waals surface area contributed by atoms with Crippen molar-refractivity contribution in [1.29, 1.82) is 0 Å². The van der Waals surface area contributed by atoms with Gasteiger partial charge in [0.15, 0.2) is 0 Å². The van der Waals surface area contributed by atoms with E-state index in [1.165, 1.54) is 11.5 Å². The van der Waals surface area contributed by atoms with Gasteiger partial charge in [0.05, 0.1) is 5.60 Å². The molecule has 0 bridgehead atoms. The Kier molecular flexibility index (Phi) is 4.63. The molecule has 0 radical (unpaired) electrons. The number of piperidine rings is 1. The van der Waals surface area contributed by atoms with Gasteiger partial charge in [0.25, 0.3) is 0 Å². The monoisotopic (exact) mass is 301 g/mol. The lowest BCUT2D eigenvalue weighted by Crippen LogP contribution is -2.52. The number of rotatable bonds is 2. The van der Waals surface area contributed by atoms with Crippen LogP contribution in [0.1, 0.15) is 45.4 Å². The SMILES string of the molecule is CC(F)(C1CCCNC1)C1CCOC2(CCSCC2)C1. The zero-order chi connectivity index (χ0) is 14.1. The van der Waals surface area contributed by atoms with Gasteiger partial charge in [-0.15, -0.1) is 0 Å². The molecule has 0 aliphatic carbocycles. The van der Waals surface area contributed by atoms with E-state index in [1.54, 1.807) is 0 Å². The third-order valence-electron chi connectivity index (χ3n) is 5.79. The summed E-state index contributed by atoms with van der Waals surface area (Å²) in [5, 5.41) is 3.38. The van der Waals surface area contributed by atoms with Gasteiger partial charge in [0, 0.05) is 19.1 Å². The molecule has 3 aliphatic heterocycles. The molecule has 3 unspecified atom stereocenters. The molecule has 2 nitrogen and oxygen atoms in total. The Morgan fingerprint density at radius 3 is 2.75 bits per heavy atom. The van der Waals surface area contributed by atoms with Crippen molar-refractivity contribution >= 4 is 11.8 Å². The minimum absolute atomic E-state index is 0.00358. The van der Waals surface area contributed by atoms with Crippen LogP contribution in [0.15, 0.2) is 0 Å². The van der Waals surface area contributed by atoms with E-state index in [0.717, 1.165) is 58.2 Å². The third-order valence-corrected chi connectivity index (χ3v) is 6.78. The zero-order valence-corrected chi connectivity index (χ0v) is 13.4. The Labute approximate surface area is 126 Å². The highest BCUT2D eigenvalue weighted by molar-refractivity contribution is 7.99. The second-order valence-corrected chi connectivity index (χ2v) is 8.25. The van der Waals surface area contributed by atoms with Gasteiger partial charge in [-0.25, -0.2) is 4.39 Å². The van der Waals surface area contributed by atoms with Crippen LogP contribution in [0, 0.1) is 11.8 Å². The van der Waals surface area contributed by atoms with E-state index in [9.17, 15) is 0 Å². The molecule has 0 amide bonds. The maximum absolute atomic E-state index is 15.5. The second-order valence-electron chi connectivity index (χ2n) is 7.03. The summed E-state index contributed by atoms with van der Waals surface area (Å²) in [5.74, 6) is 2.74.